The SMILES string of the molecule is Cc1ccc(CNCc2ccc([N+](=O)[O-])cc2)cc1.Cl. The summed E-state index contributed by atoms with van der Waals surface area (Å²) in [4.78, 5) is 10.1. The Bertz CT molecular complexity index is 553. The summed E-state index contributed by atoms with van der Waals surface area (Å²) in [7, 11) is 0. The van der Waals surface area contributed by atoms with Gasteiger partial charge in [0.25, 0.3) is 5.69 Å². The lowest BCUT2D eigenvalue weighted by Crippen LogP contribution is -2.12. The highest BCUT2D eigenvalue weighted by molar-refractivity contribution is 5.85. The van der Waals surface area contributed by atoms with E-state index < -0.39 is 0 Å². The van der Waals surface area contributed by atoms with E-state index in [4.69, 9.17) is 0 Å². The minimum absolute atomic E-state index is 0. The Labute approximate surface area is 124 Å². The van der Waals surface area contributed by atoms with Crippen LogP contribution in [0.1, 0.15) is 16.7 Å². The number of nitrogens with zero attached hydrogens (tertiary/aromatic N) is 1. The molecule has 0 aliphatic rings. The Kier molecular flexibility index (Phi) is 6.15. The summed E-state index contributed by atoms with van der Waals surface area (Å²) >= 11 is 0. The van der Waals surface area contributed by atoms with Gasteiger partial charge in [-0.3, -0.25) is 10.1 Å². The number of rotatable bonds is 5. The van der Waals surface area contributed by atoms with Crippen molar-refractivity contribution in [2.75, 3.05) is 0 Å². The number of benzene rings is 2. The maximum absolute atomic E-state index is 10.5. The van der Waals surface area contributed by atoms with Gasteiger partial charge in [0.2, 0.25) is 0 Å². The lowest BCUT2D eigenvalue weighted by atomic mass is 10.1. The highest BCUT2D eigenvalue weighted by Gasteiger charge is 2.03. The molecule has 0 amide bonds. The van der Waals surface area contributed by atoms with Crippen molar-refractivity contribution in [3.63, 3.8) is 0 Å². The second-order valence-electron chi connectivity index (χ2n) is 4.51. The molecule has 0 bridgehead atoms. The van der Waals surface area contributed by atoms with Gasteiger partial charge in [-0.1, -0.05) is 42.0 Å². The maximum Gasteiger partial charge on any atom is 0.269 e. The summed E-state index contributed by atoms with van der Waals surface area (Å²) in [6.45, 7) is 3.55. The minimum Gasteiger partial charge on any atom is -0.309 e. The minimum atomic E-state index is -0.385. The van der Waals surface area contributed by atoms with Crippen LogP contribution in [0.25, 0.3) is 0 Å². The molecule has 0 atom stereocenters. The first kappa shape index (κ1) is 16.1. The Hall–Kier alpha value is -1.91. The van der Waals surface area contributed by atoms with Crippen molar-refractivity contribution in [3.05, 3.63) is 75.3 Å². The van der Waals surface area contributed by atoms with E-state index in [-0.39, 0.29) is 23.0 Å². The Morgan fingerprint density at radius 2 is 1.40 bits per heavy atom. The Morgan fingerprint density at radius 3 is 1.85 bits per heavy atom. The first-order valence-electron chi connectivity index (χ1n) is 6.15. The third kappa shape index (κ3) is 4.64. The highest BCUT2D eigenvalue weighted by Crippen LogP contribution is 2.11. The molecule has 0 saturated carbocycles. The van der Waals surface area contributed by atoms with Gasteiger partial charge in [0.05, 0.1) is 4.92 Å². The molecule has 0 fully saturated rings. The van der Waals surface area contributed by atoms with Crippen LogP contribution in [0.4, 0.5) is 5.69 Å². The molecule has 0 spiro atoms. The number of non-ortho nitro benzene ring substituents is 1. The third-order valence-corrected chi connectivity index (χ3v) is 2.93. The van der Waals surface area contributed by atoms with Crippen LogP contribution in [0, 0.1) is 17.0 Å². The van der Waals surface area contributed by atoms with E-state index in [1.165, 1.54) is 23.3 Å². The topological polar surface area (TPSA) is 55.2 Å². The van der Waals surface area contributed by atoms with E-state index in [0.29, 0.717) is 6.54 Å². The summed E-state index contributed by atoms with van der Waals surface area (Å²) in [5.41, 5.74) is 3.65. The number of nitro groups is 1. The normalized spacial score (nSPS) is 9.85. The standard InChI is InChI=1S/C15H16N2O2.ClH/c1-12-2-4-13(5-3-12)10-16-11-14-6-8-15(9-7-14)17(18)19;/h2-9,16H,10-11H2,1H3;1H. The zero-order chi connectivity index (χ0) is 13.7. The van der Waals surface area contributed by atoms with E-state index in [9.17, 15) is 10.1 Å². The van der Waals surface area contributed by atoms with Crippen molar-refractivity contribution >= 4 is 18.1 Å². The molecule has 0 heterocycles. The lowest BCUT2D eigenvalue weighted by molar-refractivity contribution is -0.384. The Balaban J connectivity index is 0.00000200. The molecule has 0 aliphatic carbocycles. The number of halogens is 1. The van der Waals surface area contributed by atoms with Crippen molar-refractivity contribution in [1.82, 2.24) is 5.32 Å². The monoisotopic (exact) mass is 292 g/mol. The smallest absolute Gasteiger partial charge is 0.269 e. The fourth-order valence-electron chi connectivity index (χ4n) is 1.79. The van der Waals surface area contributed by atoms with Crippen molar-refractivity contribution in [1.29, 1.82) is 0 Å². The molecule has 0 radical (unpaired) electrons. The van der Waals surface area contributed by atoms with Crippen molar-refractivity contribution in [2.45, 2.75) is 20.0 Å². The molecule has 20 heavy (non-hydrogen) atoms. The van der Waals surface area contributed by atoms with E-state index in [2.05, 4.69) is 36.5 Å². The van der Waals surface area contributed by atoms with Gasteiger partial charge in [-0.25, -0.2) is 0 Å². The molecule has 5 heteroatoms. The molecule has 106 valence electrons. The van der Waals surface area contributed by atoms with Crippen LogP contribution in [-0.4, -0.2) is 4.92 Å². The van der Waals surface area contributed by atoms with Gasteiger partial charge in [0, 0.05) is 25.2 Å². The fraction of sp³-hybridized carbons (Fsp3) is 0.200. The molecule has 2 aromatic rings. The second-order valence-corrected chi connectivity index (χ2v) is 4.51. The number of nitro benzene ring substituents is 1. The number of nitrogens with one attached hydrogen (secondary N) is 1. The van der Waals surface area contributed by atoms with Crippen LogP contribution in [0.3, 0.4) is 0 Å². The molecule has 2 aromatic carbocycles. The summed E-state index contributed by atoms with van der Waals surface area (Å²) in [5.74, 6) is 0. The van der Waals surface area contributed by atoms with Crippen LogP contribution in [0.2, 0.25) is 0 Å². The average Bonchev–Trinajstić information content (AvgIpc) is 2.41. The van der Waals surface area contributed by atoms with Gasteiger partial charge in [-0.2, -0.15) is 0 Å². The van der Waals surface area contributed by atoms with Gasteiger partial charge in [0.15, 0.2) is 0 Å². The molecule has 0 aromatic heterocycles. The van der Waals surface area contributed by atoms with Gasteiger partial charge < -0.3 is 5.32 Å². The van der Waals surface area contributed by atoms with Crippen LogP contribution >= 0.6 is 12.4 Å². The first-order valence-corrected chi connectivity index (χ1v) is 6.15. The number of hydrogen-bond acceptors (Lipinski definition) is 3. The van der Waals surface area contributed by atoms with Crippen LogP contribution < -0.4 is 5.32 Å². The molecule has 4 nitrogen and oxygen atoms in total. The van der Waals surface area contributed by atoms with E-state index in [0.717, 1.165) is 12.1 Å². The number of hydrogen-bond donors (Lipinski definition) is 1. The van der Waals surface area contributed by atoms with Gasteiger partial charge in [-0.15, -0.1) is 12.4 Å². The molecular formula is C15H17ClN2O2. The van der Waals surface area contributed by atoms with E-state index in [1.54, 1.807) is 12.1 Å². The van der Waals surface area contributed by atoms with Crippen molar-refractivity contribution in [3.8, 4) is 0 Å². The fourth-order valence-corrected chi connectivity index (χ4v) is 1.79. The maximum atomic E-state index is 10.5. The van der Waals surface area contributed by atoms with E-state index >= 15 is 0 Å². The quantitative estimate of drug-likeness (QED) is 0.676. The lowest BCUT2D eigenvalue weighted by Gasteiger charge is -2.05. The molecule has 0 aliphatic heterocycles. The first-order chi connectivity index (χ1) is 9.15. The predicted octanol–water partition coefficient (Wildman–Crippen LogP) is 3.61. The van der Waals surface area contributed by atoms with Gasteiger partial charge in [0.1, 0.15) is 0 Å². The van der Waals surface area contributed by atoms with Crippen molar-refractivity contribution in [2.24, 2.45) is 0 Å². The summed E-state index contributed by atoms with van der Waals surface area (Å²) in [6, 6.07) is 15.0. The second kappa shape index (κ2) is 7.62. The zero-order valence-corrected chi connectivity index (χ0v) is 12.0. The predicted molar refractivity (Wildman–Crippen MR) is 82.1 cm³/mol. The van der Waals surface area contributed by atoms with Crippen LogP contribution in [0.15, 0.2) is 48.5 Å². The average molecular weight is 293 g/mol. The van der Waals surface area contributed by atoms with Crippen molar-refractivity contribution < 1.29 is 4.92 Å². The van der Waals surface area contributed by atoms with Crippen LogP contribution in [0.5, 0.6) is 0 Å². The third-order valence-electron chi connectivity index (χ3n) is 2.93. The van der Waals surface area contributed by atoms with Gasteiger partial charge >= 0.3 is 0 Å². The summed E-state index contributed by atoms with van der Waals surface area (Å²) in [5, 5.41) is 13.8. The molecular weight excluding hydrogens is 276 g/mol. The van der Waals surface area contributed by atoms with Crippen LogP contribution in [-0.2, 0) is 13.1 Å². The molecule has 2 rings (SSSR count). The molecule has 0 unspecified atom stereocenters. The van der Waals surface area contributed by atoms with E-state index in [1.807, 2.05) is 0 Å². The molecule has 1 N–H and O–H groups in total. The number of aryl methyl sites for hydroxylation is 1. The summed E-state index contributed by atoms with van der Waals surface area (Å²) in [6.07, 6.45) is 0. The Morgan fingerprint density at radius 1 is 0.950 bits per heavy atom. The molecule has 0 saturated heterocycles. The van der Waals surface area contributed by atoms with Gasteiger partial charge in [-0.05, 0) is 18.1 Å². The zero-order valence-electron chi connectivity index (χ0n) is 11.2. The largest absolute Gasteiger partial charge is 0.309 e. The summed E-state index contributed by atoms with van der Waals surface area (Å²) < 4.78 is 0. The highest BCUT2D eigenvalue weighted by atomic mass is 35.5.